The number of halogens is 1. The van der Waals surface area contributed by atoms with Crippen molar-refractivity contribution in [3.8, 4) is 6.07 Å². The molecule has 1 aromatic rings. The van der Waals surface area contributed by atoms with Gasteiger partial charge in [-0.05, 0) is 31.0 Å². The normalized spacial score (nSPS) is 22.5. The van der Waals surface area contributed by atoms with Gasteiger partial charge >= 0.3 is 5.97 Å². The van der Waals surface area contributed by atoms with E-state index >= 15 is 0 Å². The monoisotopic (exact) mass is 278 g/mol. The number of hydrogen-bond donors (Lipinski definition) is 2. The Labute approximate surface area is 117 Å². The van der Waals surface area contributed by atoms with Crippen LogP contribution in [-0.4, -0.2) is 17.1 Å². The molecule has 1 fully saturated rings. The molecule has 0 amide bonds. The van der Waals surface area contributed by atoms with Crippen LogP contribution in [0.25, 0.3) is 0 Å². The van der Waals surface area contributed by atoms with Crippen LogP contribution in [0.3, 0.4) is 0 Å². The van der Waals surface area contributed by atoms with Crippen molar-refractivity contribution >= 4 is 23.3 Å². The fourth-order valence-electron chi connectivity index (χ4n) is 2.51. The van der Waals surface area contributed by atoms with E-state index in [-0.39, 0.29) is 12.0 Å². The summed E-state index contributed by atoms with van der Waals surface area (Å²) in [5.41, 5.74) is 1.19. The smallest absolute Gasteiger partial charge is 0.308 e. The molecular formula is C14H15ClN2O2. The van der Waals surface area contributed by atoms with E-state index in [1.165, 1.54) is 0 Å². The first kappa shape index (κ1) is 13.7. The van der Waals surface area contributed by atoms with Gasteiger partial charge in [-0.1, -0.05) is 24.4 Å². The lowest BCUT2D eigenvalue weighted by atomic mass is 9.84. The second-order valence-corrected chi connectivity index (χ2v) is 5.19. The van der Waals surface area contributed by atoms with E-state index in [0.29, 0.717) is 17.0 Å². The number of anilines is 1. The van der Waals surface area contributed by atoms with Crippen LogP contribution in [0, 0.1) is 17.2 Å². The summed E-state index contributed by atoms with van der Waals surface area (Å²) in [6, 6.07) is 7.00. The minimum atomic E-state index is -0.753. The highest BCUT2D eigenvalue weighted by Crippen LogP contribution is 2.29. The number of hydrogen-bond acceptors (Lipinski definition) is 3. The molecule has 0 aromatic heterocycles. The molecule has 2 N–H and O–H groups in total. The number of carboxylic acid groups (broad SMARTS) is 1. The molecule has 1 aliphatic rings. The molecule has 0 spiro atoms. The second kappa shape index (κ2) is 5.94. The molecule has 5 heteroatoms. The van der Waals surface area contributed by atoms with Gasteiger partial charge in [-0.25, -0.2) is 0 Å². The standard InChI is InChI=1S/C14H15ClN2O2/c15-12-7-10(6-5-9(12)8-16)17-13-4-2-1-3-11(13)14(18)19/h5-7,11,13,17H,1-4H2,(H,18,19). The quantitative estimate of drug-likeness (QED) is 0.890. The number of carboxylic acids is 1. The maximum Gasteiger partial charge on any atom is 0.308 e. The number of nitrogens with one attached hydrogen (secondary N) is 1. The molecule has 2 atom stereocenters. The molecular weight excluding hydrogens is 264 g/mol. The van der Waals surface area contributed by atoms with Crippen LogP contribution in [0.1, 0.15) is 31.2 Å². The first-order valence-electron chi connectivity index (χ1n) is 6.31. The Morgan fingerprint density at radius 2 is 2.16 bits per heavy atom. The van der Waals surface area contributed by atoms with Crippen LogP contribution in [0.5, 0.6) is 0 Å². The third-order valence-electron chi connectivity index (χ3n) is 3.52. The van der Waals surface area contributed by atoms with Crippen LogP contribution >= 0.6 is 11.6 Å². The summed E-state index contributed by atoms with van der Waals surface area (Å²) in [4.78, 5) is 11.2. The van der Waals surface area contributed by atoms with Crippen molar-refractivity contribution in [3.05, 3.63) is 28.8 Å². The lowest BCUT2D eigenvalue weighted by Crippen LogP contribution is -2.37. The van der Waals surface area contributed by atoms with Gasteiger partial charge in [-0.2, -0.15) is 5.26 Å². The van der Waals surface area contributed by atoms with E-state index in [4.69, 9.17) is 16.9 Å². The summed E-state index contributed by atoms with van der Waals surface area (Å²) in [5, 5.41) is 21.6. The van der Waals surface area contributed by atoms with Crippen molar-refractivity contribution in [2.24, 2.45) is 5.92 Å². The molecule has 100 valence electrons. The van der Waals surface area contributed by atoms with E-state index < -0.39 is 5.97 Å². The highest BCUT2D eigenvalue weighted by atomic mass is 35.5. The Balaban J connectivity index is 2.13. The van der Waals surface area contributed by atoms with Gasteiger partial charge in [0.05, 0.1) is 16.5 Å². The minimum Gasteiger partial charge on any atom is -0.481 e. The van der Waals surface area contributed by atoms with E-state index in [0.717, 1.165) is 24.9 Å². The summed E-state index contributed by atoms with van der Waals surface area (Å²) < 4.78 is 0. The van der Waals surface area contributed by atoms with E-state index in [2.05, 4.69) is 5.32 Å². The lowest BCUT2D eigenvalue weighted by Gasteiger charge is -2.30. The van der Waals surface area contributed by atoms with Crippen LogP contribution in [0.15, 0.2) is 18.2 Å². The highest BCUT2D eigenvalue weighted by Gasteiger charge is 2.30. The van der Waals surface area contributed by atoms with E-state index in [1.807, 2.05) is 6.07 Å². The SMILES string of the molecule is N#Cc1ccc(NC2CCCCC2C(=O)O)cc1Cl. The van der Waals surface area contributed by atoms with Gasteiger partial charge in [0.25, 0.3) is 0 Å². The molecule has 0 aliphatic heterocycles. The zero-order chi connectivity index (χ0) is 13.8. The van der Waals surface area contributed by atoms with Crippen LogP contribution in [0.4, 0.5) is 5.69 Å². The maximum absolute atomic E-state index is 11.2. The summed E-state index contributed by atoms with van der Waals surface area (Å²) in [6.07, 6.45) is 3.54. The number of rotatable bonds is 3. The average Bonchev–Trinajstić information content (AvgIpc) is 2.39. The summed E-state index contributed by atoms with van der Waals surface area (Å²) in [7, 11) is 0. The number of nitriles is 1. The highest BCUT2D eigenvalue weighted by molar-refractivity contribution is 6.32. The fraction of sp³-hybridized carbons (Fsp3) is 0.429. The molecule has 0 bridgehead atoms. The first-order chi connectivity index (χ1) is 9.11. The number of carbonyl (C=O) groups is 1. The number of benzene rings is 1. The molecule has 4 nitrogen and oxygen atoms in total. The van der Waals surface area contributed by atoms with Crippen LogP contribution < -0.4 is 5.32 Å². The lowest BCUT2D eigenvalue weighted by molar-refractivity contribution is -0.143. The second-order valence-electron chi connectivity index (χ2n) is 4.79. The summed E-state index contributed by atoms with van der Waals surface area (Å²) in [5.74, 6) is -1.11. The Kier molecular flexibility index (Phi) is 4.28. The van der Waals surface area contributed by atoms with Gasteiger partial charge in [-0.15, -0.1) is 0 Å². The van der Waals surface area contributed by atoms with Crippen LogP contribution in [0.2, 0.25) is 5.02 Å². The molecule has 0 radical (unpaired) electrons. The predicted octanol–water partition coefficient (Wildman–Crippen LogP) is 3.27. The summed E-state index contributed by atoms with van der Waals surface area (Å²) >= 11 is 5.97. The fourth-order valence-corrected chi connectivity index (χ4v) is 2.73. The molecule has 1 aliphatic carbocycles. The third kappa shape index (κ3) is 3.18. The van der Waals surface area contributed by atoms with Crippen molar-refractivity contribution in [3.63, 3.8) is 0 Å². The number of aliphatic carboxylic acids is 1. The van der Waals surface area contributed by atoms with Gasteiger partial charge in [0.2, 0.25) is 0 Å². The molecule has 0 heterocycles. The van der Waals surface area contributed by atoms with Crippen molar-refractivity contribution in [2.75, 3.05) is 5.32 Å². The van der Waals surface area contributed by atoms with Gasteiger partial charge in [0, 0.05) is 11.7 Å². The van der Waals surface area contributed by atoms with E-state index in [9.17, 15) is 9.90 Å². The first-order valence-corrected chi connectivity index (χ1v) is 6.68. The van der Waals surface area contributed by atoms with Gasteiger partial charge in [0.15, 0.2) is 0 Å². The number of nitrogens with zero attached hydrogens (tertiary/aromatic N) is 1. The average molecular weight is 279 g/mol. The summed E-state index contributed by atoms with van der Waals surface area (Å²) in [6.45, 7) is 0. The Morgan fingerprint density at radius 1 is 1.42 bits per heavy atom. The predicted molar refractivity (Wildman–Crippen MR) is 73.2 cm³/mol. The van der Waals surface area contributed by atoms with Crippen molar-refractivity contribution < 1.29 is 9.90 Å². The van der Waals surface area contributed by atoms with E-state index in [1.54, 1.807) is 18.2 Å². The van der Waals surface area contributed by atoms with Gasteiger partial charge < -0.3 is 10.4 Å². The largest absolute Gasteiger partial charge is 0.481 e. The van der Waals surface area contributed by atoms with Crippen molar-refractivity contribution in [2.45, 2.75) is 31.7 Å². The Morgan fingerprint density at radius 3 is 2.79 bits per heavy atom. The Bertz CT molecular complexity index is 525. The minimum absolute atomic E-state index is 0.0738. The maximum atomic E-state index is 11.2. The van der Waals surface area contributed by atoms with Crippen LogP contribution in [-0.2, 0) is 4.79 Å². The molecule has 2 unspecified atom stereocenters. The molecule has 0 saturated heterocycles. The third-order valence-corrected chi connectivity index (χ3v) is 3.84. The molecule has 2 rings (SSSR count). The zero-order valence-corrected chi connectivity index (χ0v) is 11.2. The Hall–Kier alpha value is -1.73. The molecule has 19 heavy (non-hydrogen) atoms. The molecule has 1 aromatic carbocycles. The zero-order valence-electron chi connectivity index (χ0n) is 10.4. The molecule has 1 saturated carbocycles. The topological polar surface area (TPSA) is 73.1 Å². The van der Waals surface area contributed by atoms with Crippen molar-refractivity contribution in [1.82, 2.24) is 0 Å². The van der Waals surface area contributed by atoms with Crippen molar-refractivity contribution in [1.29, 1.82) is 5.26 Å². The van der Waals surface area contributed by atoms with Gasteiger partial charge in [-0.3, -0.25) is 4.79 Å². The van der Waals surface area contributed by atoms with Gasteiger partial charge in [0.1, 0.15) is 6.07 Å².